The van der Waals surface area contributed by atoms with Gasteiger partial charge in [0.25, 0.3) is 0 Å². The molecule has 0 bridgehead atoms. The predicted molar refractivity (Wildman–Crippen MR) is 108 cm³/mol. The van der Waals surface area contributed by atoms with Crippen LogP contribution in [0.1, 0.15) is 28.8 Å². The molecule has 7 nitrogen and oxygen atoms in total. The van der Waals surface area contributed by atoms with Crippen LogP contribution in [0.5, 0.6) is 11.5 Å². The second kappa shape index (κ2) is 7.75. The van der Waals surface area contributed by atoms with Gasteiger partial charge in [-0.1, -0.05) is 18.2 Å². The minimum atomic E-state index is -0.623. The van der Waals surface area contributed by atoms with Crippen LogP contribution in [-0.4, -0.2) is 50.6 Å². The average Bonchev–Trinajstić information content (AvgIpc) is 2.74. The first-order valence-corrected chi connectivity index (χ1v) is 9.62. The molecule has 0 atom stereocenters. The van der Waals surface area contributed by atoms with Crippen molar-refractivity contribution in [3.05, 3.63) is 53.6 Å². The van der Waals surface area contributed by atoms with Crippen molar-refractivity contribution in [1.29, 1.82) is 0 Å². The third kappa shape index (κ3) is 3.65. The summed E-state index contributed by atoms with van der Waals surface area (Å²) in [6.07, 6.45) is 0.881. The lowest BCUT2D eigenvalue weighted by molar-refractivity contribution is -0.0366. The number of methoxy groups -OCH3 is 2. The second-order valence-corrected chi connectivity index (χ2v) is 7.32. The molecule has 7 heteroatoms. The summed E-state index contributed by atoms with van der Waals surface area (Å²) in [6, 6.07) is 12.9. The highest BCUT2D eigenvalue weighted by molar-refractivity contribution is 5.98. The number of Topliss-reactive ketones (excluding diaryl/α,β-unsaturated/α-hetero) is 1. The van der Waals surface area contributed by atoms with E-state index in [0.717, 1.165) is 11.3 Å². The van der Waals surface area contributed by atoms with Crippen molar-refractivity contribution in [3.63, 3.8) is 0 Å². The number of rotatable bonds is 5. The van der Waals surface area contributed by atoms with Crippen molar-refractivity contribution in [2.45, 2.75) is 18.4 Å². The molecule has 2 heterocycles. The van der Waals surface area contributed by atoms with Gasteiger partial charge in [0.15, 0.2) is 17.3 Å². The summed E-state index contributed by atoms with van der Waals surface area (Å²) in [5.41, 5.74) is 1.77. The van der Waals surface area contributed by atoms with Crippen LogP contribution in [0.2, 0.25) is 0 Å². The van der Waals surface area contributed by atoms with Crippen molar-refractivity contribution < 1.29 is 23.8 Å². The summed E-state index contributed by atoms with van der Waals surface area (Å²) in [5, 5.41) is 2.77. The fraction of sp³-hybridized carbons (Fsp3) is 0.364. The highest BCUT2D eigenvalue weighted by Crippen LogP contribution is 2.43. The molecule has 2 aromatic carbocycles. The van der Waals surface area contributed by atoms with E-state index in [1.165, 1.54) is 0 Å². The van der Waals surface area contributed by atoms with E-state index in [1.807, 2.05) is 24.3 Å². The third-order valence-corrected chi connectivity index (χ3v) is 5.68. The Morgan fingerprint density at radius 1 is 1.10 bits per heavy atom. The highest BCUT2D eigenvalue weighted by Gasteiger charge is 2.44. The van der Waals surface area contributed by atoms with Gasteiger partial charge in [-0.25, -0.2) is 4.79 Å². The zero-order chi connectivity index (χ0) is 20.4. The summed E-state index contributed by atoms with van der Waals surface area (Å²) in [5.74, 6) is 1.15. The van der Waals surface area contributed by atoms with E-state index in [2.05, 4.69) is 10.2 Å². The lowest BCUT2D eigenvalue weighted by Gasteiger charge is -2.44. The molecule has 1 saturated heterocycles. The molecule has 2 aliphatic rings. The Kier molecular flexibility index (Phi) is 5.15. The number of ether oxygens (including phenoxy) is 3. The quantitative estimate of drug-likeness (QED) is 0.780. The SMILES string of the molecule is COc1ccc(C(=O)CN2CCC3(CC2)OC(=O)Nc2ccccc23)cc1OC. The third-order valence-electron chi connectivity index (χ3n) is 5.68. The summed E-state index contributed by atoms with van der Waals surface area (Å²) < 4.78 is 16.3. The Balaban J connectivity index is 1.44. The summed E-state index contributed by atoms with van der Waals surface area (Å²) in [4.78, 5) is 26.9. The van der Waals surface area contributed by atoms with Gasteiger partial charge in [-0.2, -0.15) is 0 Å². The van der Waals surface area contributed by atoms with Gasteiger partial charge in [0, 0.05) is 37.1 Å². The molecular formula is C22H24N2O5. The Hall–Kier alpha value is -3.06. The number of fused-ring (bicyclic) bond motifs is 2. The standard InChI is InChI=1S/C22H24N2O5/c1-27-19-8-7-15(13-20(19)28-2)18(25)14-24-11-9-22(10-12-24)16-5-3-4-6-17(16)23-21(26)29-22/h3-8,13H,9-12,14H2,1-2H3,(H,23,26). The molecule has 1 fully saturated rings. The molecule has 2 aliphatic heterocycles. The van der Waals surface area contributed by atoms with Gasteiger partial charge < -0.3 is 14.2 Å². The van der Waals surface area contributed by atoms with Gasteiger partial charge in [0.05, 0.1) is 26.5 Å². The summed E-state index contributed by atoms with van der Waals surface area (Å²) >= 11 is 0. The fourth-order valence-corrected chi connectivity index (χ4v) is 4.11. The van der Waals surface area contributed by atoms with E-state index < -0.39 is 11.7 Å². The zero-order valence-electron chi connectivity index (χ0n) is 16.6. The average molecular weight is 396 g/mol. The predicted octanol–water partition coefficient (Wildman–Crippen LogP) is 3.44. The Bertz CT molecular complexity index is 935. The van der Waals surface area contributed by atoms with Gasteiger partial charge in [-0.15, -0.1) is 0 Å². The van der Waals surface area contributed by atoms with Gasteiger partial charge in [0.1, 0.15) is 5.60 Å². The number of carbonyl (C=O) groups is 2. The van der Waals surface area contributed by atoms with Crippen LogP contribution < -0.4 is 14.8 Å². The van der Waals surface area contributed by atoms with Crippen molar-refractivity contribution >= 4 is 17.6 Å². The van der Waals surface area contributed by atoms with Crippen LogP contribution in [0, 0.1) is 0 Å². The monoisotopic (exact) mass is 396 g/mol. The largest absolute Gasteiger partial charge is 0.493 e. The van der Waals surface area contributed by atoms with Crippen LogP contribution in [-0.2, 0) is 10.3 Å². The number of ketones is 1. The van der Waals surface area contributed by atoms with E-state index in [-0.39, 0.29) is 5.78 Å². The highest BCUT2D eigenvalue weighted by atomic mass is 16.6. The number of nitrogens with one attached hydrogen (secondary N) is 1. The fourth-order valence-electron chi connectivity index (χ4n) is 4.11. The Labute approximate surface area is 169 Å². The maximum absolute atomic E-state index is 12.8. The molecule has 0 aromatic heterocycles. The molecule has 1 amide bonds. The van der Waals surface area contributed by atoms with Crippen LogP contribution in [0.4, 0.5) is 10.5 Å². The zero-order valence-corrected chi connectivity index (χ0v) is 16.6. The first-order valence-electron chi connectivity index (χ1n) is 9.62. The van der Waals surface area contributed by atoms with E-state index in [4.69, 9.17) is 14.2 Å². The van der Waals surface area contributed by atoms with E-state index in [0.29, 0.717) is 49.5 Å². The molecule has 0 aliphatic carbocycles. The number of nitrogens with zero attached hydrogens (tertiary/aromatic N) is 1. The smallest absolute Gasteiger partial charge is 0.412 e. The molecule has 0 saturated carbocycles. The van der Waals surface area contributed by atoms with Gasteiger partial charge in [-0.05, 0) is 24.3 Å². The maximum Gasteiger partial charge on any atom is 0.412 e. The lowest BCUT2D eigenvalue weighted by Crippen LogP contribution is -2.49. The second-order valence-electron chi connectivity index (χ2n) is 7.32. The van der Waals surface area contributed by atoms with Gasteiger partial charge >= 0.3 is 6.09 Å². The molecule has 4 rings (SSSR count). The number of benzene rings is 2. The molecule has 29 heavy (non-hydrogen) atoms. The number of hydrogen-bond donors (Lipinski definition) is 1. The molecule has 1 spiro atoms. The maximum atomic E-state index is 12.8. The Morgan fingerprint density at radius 2 is 1.83 bits per heavy atom. The van der Waals surface area contributed by atoms with E-state index in [1.54, 1.807) is 32.4 Å². The van der Waals surface area contributed by atoms with Crippen molar-refractivity contribution in [2.24, 2.45) is 0 Å². The van der Waals surface area contributed by atoms with E-state index in [9.17, 15) is 9.59 Å². The first kappa shape index (κ1) is 19.3. The molecule has 152 valence electrons. The van der Waals surface area contributed by atoms with Crippen LogP contribution in [0.3, 0.4) is 0 Å². The number of piperidine rings is 1. The van der Waals surface area contributed by atoms with Crippen molar-refractivity contribution in [2.75, 3.05) is 39.2 Å². The summed E-state index contributed by atoms with van der Waals surface area (Å²) in [7, 11) is 3.11. The van der Waals surface area contributed by atoms with Crippen LogP contribution in [0.25, 0.3) is 0 Å². The topological polar surface area (TPSA) is 77.1 Å². The minimum Gasteiger partial charge on any atom is -0.493 e. The number of likely N-dealkylation sites (tertiary alicyclic amines) is 1. The first-order chi connectivity index (χ1) is 14.0. The number of anilines is 1. The molecular weight excluding hydrogens is 372 g/mol. The van der Waals surface area contributed by atoms with Crippen molar-refractivity contribution in [3.8, 4) is 11.5 Å². The van der Waals surface area contributed by atoms with E-state index >= 15 is 0 Å². The normalized spacial score (nSPS) is 17.8. The van der Waals surface area contributed by atoms with Crippen molar-refractivity contribution in [1.82, 2.24) is 4.90 Å². The van der Waals surface area contributed by atoms with Gasteiger partial charge in [0.2, 0.25) is 0 Å². The number of hydrogen-bond acceptors (Lipinski definition) is 6. The number of carbonyl (C=O) groups excluding carboxylic acids is 2. The lowest BCUT2D eigenvalue weighted by atomic mass is 9.82. The molecule has 1 N–H and O–H groups in total. The van der Waals surface area contributed by atoms with Crippen LogP contribution in [0.15, 0.2) is 42.5 Å². The summed E-state index contributed by atoms with van der Waals surface area (Å²) in [6.45, 7) is 1.64. The minimum absolute atomic E-state index is 0.0182. The Morgan fingerprint density at radius 3 is 2.55 bits per heavy atom. The molecule has 0 radical (unpaired) electrons. The molecule has 0 unspecified atom stereocenters. The number of para-hydroxylation sites is 1. The number of amides is 1. The van der Waals surface area contributed by atoms with Gasteiger partial charge in [-0.3, -0.25) is 15.0 Å². The van der Waals surface area contributed by atoms with Crippen LogP contribution >= 0.6 is 0 Å². The molecule has 2 aromatic rings.